The number of aromatic nitrogens is 1. The van der Waals surface area contributed by atoms with Gasteiger partial charge in [0.2, 0.25) is 5.91 Å². The van der Waals surface area contributed by atoms with Crippen molar-refractivity contribution in [3.05, 3.63) is 29.6 Å². The molecule has 1 saturated heterocycles. The fourth-order valence-electron chi connectivity index (χ4n) is 2.45. The minimum atomic E-state index is -0.486. The number of rotatable bonds is 5. The van der Waals surface area contributed by atoms with Crippen molar-refractivity contribution in [2.75, 3.05) is 19.7 Å². The van der Waals surface area contributed by atoms with Crippen LogP contribution >= 0.6 is 0 Å². The minimum Gasteiger partial charge on any atom is -0.466 e. The number of aryl methyl sites for hydroxylation is 1. The lowest BCUT2D eigenvalue weighted by Gasteiger charge is -2.34. The molecule has 1 atom stereocenters. The Labute approximate surface area is 124 Å². The predicted octanol–water partition coefficient (Wildman–Crippen LogP) is 0.644. The monoisotopic (exact) mass is 291 g/mol. The number of hydrogen-bond acceptors (Lipinski definition) is 5. The summed E-state index contributed by atoms with van der Waals surface area (Å²) in [6.07, 6.45) is 0.0749. The number of amides is 1. The summed E-state index contributed by atoms with van der Waals surface area (Å²) in [5, 5.41) is 2.80. The zero-order chi connectivity index (χ0) is 15.2. The predicted molar refractivity (Wildman–Crippen MR) is 77.4 cm³/mol. The molecule has 0 radical (unpaired) electrons. The number of nitrogens with one attached hydrogen (secondary N) is 1. The molecule has 1 aromatic rings. The second-order valence-corrected chi connectivity index (χ2v) is 5.06. The number of nitrogens with zero attached hydrogens (tertiary/aromatic N) is 2. The Bertz CT molecular complexity index is 519. The van der Waals surface area contributed by atoms with Crippen molar-refractivity contribution in [3.8, 4) is 0 Å². The Morgan fingerprint density at radius 2 is 2.33 bits per heavy atom. The SMILES string of the molecule is CCOC(=O)C[C@@H]1C(=O)NCCN1Cc1cccc(C)n1. The number of piperazine rings is 1. The van der Waals surface area contributed by atoms with Gasteiger partial charge in [0, 0.05) is 25.3 Å². The van der Waals surface area contributed by atoms with E-state index in [2.05, 4.69) is 10.3 Å². The molecule has 21 heavy (non-hydrogen) atoms. The standard InChI is InChI=1S/C15H21N3O3/c1-3-21-14(19)9-13-15(20)16-7-8-18(13)10-12-6-4-5-11(2)17-12/h4-6,13H,3,7-10H2,1-2H3,(H,16,20)/t13-/m1/s1. The second-order valence-electron chi connectivity index (χ2n) is 5.06. The molecule has 1 aliphatic heterocycles. The molecular weight excluding hydrogens is 270 g/mol. The lowest BCUT2D eigenvalue weighted by molar-refractivity contribution is -0.148. The number of carbonyl (C=O) groups excluding carboxylic acids is 2. The van der Waals surface area contributed by atoms with Gasteiger partial charge in [-0.15, -0.1) is 0 Å². The van der Waals surface area contributed by atoms with Crippen LogP contribution in [-0.4, -0.2) is 47.5 Å². The molecule has 0 aliphatic carbocycles. The molecule has 2 heterocycles. The molecular formula is C15H21N3O3. The molecule has 6 heteroatoms. The summed E-state index contributed by atoms with van der Waals surface area (Å²) in [6.45, 7) is 5.86. The van der Waals surface area contributed by atoms with E-state index in [0.29, 0.717) is 26.2 Å². The summed E-state index contributed by atoms with van der Waals surface area (Å²) < 4.78 is 4.95. The molecule has 1 amide bonds. The average molecular weight is 291 g/mol. The summed E-state index contributed by atoms with van der Waals surface area (Å²) in [4.78, 5) is 30.1. The highest BCUT2D eigenvalue weighted by molar-refractivity contribution is 5.87. The first kappa shape index (κ1) is 15.4. The maximum atomic E-state index is 12.0. The number of ether oxygens (including phenoxy) is 1. The fraction of sp³-hybridized carbons (Fsp3) is 0.533. The zero-order valence-corrected chi connectivity index (χ0v) is 12.5. The van der Waals surface area contributed by atoms with Crippen LogP contribution in [0.3, 0.4) is 0 Å². The number of esters is 1. The van der Waals surface area contributed by atoms with Crippen LogP contribution < -0.4 is 5.32 Å². The molecule has 1 aromatic heterocycles. The molecule has 0 aromatic carbocycles. The van der Waals surface area contributed by atoms with Crippen molar-refractivity contribution in [2.45, 2.75) is 32.9 Å². The van der Waals surface area contributed by atoms with Gasteiger partial charge in [0.05, 0.1) is 18.7 Å². The van der Waals surface area contributed by atoms with Gasteiger partial charge < -0.3 is 10.1 Å². The van der Waals surface area contributed by atoms with Crippen LogP contribution in [0.5, 0.6) is 0 Å². The van der Waals surface area contributed by atoms with Crippen molar-refractivity contribution in [3.63, 3.8) is 0 Å². The van der Waals surface area contributed by atoms with Crippen LogP contribution in [0.4, 0.5) is 0 Å². The highest BCUT2D eigenvalue weighted by atomic mass is 16.5. The smallest absolute Gasteiger partial charge is 0.307 e. The van der Waals surface area contributed by atoms with Gasteiger partial charge in [0.1, 0.15) is 6.04 Å². The van der Waals surface area contributed by atoms with Crippen LogP contribution in [-0.2, 0) is 20.9 Å². The first-order chi connectivity index (χ1) is 10.1. The summed E-state index contributed by atoms with van der Waals surface area (Å²) in [7, 11) is 0. The maximum Gasteiger partial charge on any atom is 0.307 e. The minimum absolute atomic E-state index is 0.0749. The molecule has 2 rings (SSSR count). The molecule has 1 aliphatic rings. The van der Waals surface area contributed by atoms with E-state index in [0.717, 1.165) is 11.4 Å². The third kappa shape index (κ3) is 4.26. The summed E-state index contributed by atoms with van der Waals surface area (Å²) in [6, 6.07) is 5.32. The Kier molecular flexibility index (Phi) is 5.27. The first-order valence-electron chi connectivity index (χ1n) is 7.20. The van der Waals surface area contributed by atoms with Gasteiger partial charge >= 0.3 is 5.97 Å². The summed E-state index contributed by atoms with van der Waals surface area (Å²) in [5.41, 5.74) is 1.84. The van der Waals surface area contributed by atoms with E-state index >= 15 is 0 Å². The molecule has 0 saturated carbocycles. The summed E-state index contributed by atoms with van der Waals surface area (Å²) in [5.74, 6) is -0.469. The highest BCUT2D eigenvalue weighted by Gasteiger charge is 2.32. The van der Waals surface area contributed by atoms with Gasteiger partial charge in [-0.3, -0.25) is 19.5 Å². The van der Waals surface area contributed by atoms with E-state index in [-0.39, 0.29) is 18.3 Å². The Balaban J connectivity index is 2.07. The van der Waals surface area contributed by atoms with Gasteiger partial charge in [-0.2, -0.15) is 0 Å². The van der Waals surface area contributed by atoms with Gasteiger partial charge in [0.15, 0.2) is 0 Å². The molecule has 1 N–H and O–H groups in total. The van der Waals surface area contributed by atoms with Crippen molar-refractivity contribution >= 4 is 11.9 Å². The Morgan fingerprint density at radius 1 is 1.52 bits per heavy atom. The van der Waals surface area contributed by atoms with Crippen molar-refractivity contribution in [1.82, 2.24) is 15.2 Å². The van der Waals surface area contributed by atoms with Crippen molar-refractivity contribution in [1.29, 1.82) is 0 Å². The van der Waals surface area contributed by atoms with Crippen molar-refractivity contribution in [2.24, 2.45) is 0 Å². The van der Waals surface area contributed by atoms with Crippen LogP contribution in [0, 0.1) is 6.92 Å². The van der Waals surface area contributed by atoms with Crippen molar-refractivity contribution < 1.29 is 14.3 Å². The second kappa shape index (κ2) is 7.17. The fourth-order valence-corrected chi connectivity index (χ4v) is 2.45. The molecule has 0 spiro atoms. The van der Waals surface area contributed by atoms with Gasteiger partial charge in [-0.1, -0.05) is 6.07 Å². The van der Waals surface area contributed by atoms with Crippen LogP contribution in [0.1, 0.15) is 24.7 Å². The summed E-state index contributed by atoms with van der Waals surface area (Å²) >= 11 is 0. The van der Waals surface area contributed by atoms with Gasteiger partial charge in [-0.25, -0.2) is 0 Å². The molecule has 0 bridgehead atoms. The average Bonchev–Trinajstić information content (AvgIpc) is 2.43. The lowest BCUT2D eigenvalue weighted by Crippen LogP contribution is -2.55. The Morgan fingerprint density at radius 3 is 3.05 bits per heavy atom. The molecule has 114 valence electrons. The lowest BCUT2D eigenvalue weighted by atomic mass is 10.1. The largest absolute Gasteiger partial charge is 0.466 e. The number of pyridine rings is 1. The molecule has 0 unspecified atom stereocenters. The highest BCUT2D eigenvalue weighted by Crippen LogP contribution is 2.13. The normalized spacial score (nSPS) is 19.1. The maximum absolute atomic E-state index is 12.0. The molecule has 6 nitrogen and oxygen atoms in total. The topological polar surface area (TPSA) is 71.5 Å². The molecule has 1 fully saturated rings. The number of carbonyl (C=O) groups is 2. The van der Waals surface area contributed by atoms with Crippen LogP contribution in [0.2, 0.25) is 0 Å². The van der Waals surface area contributed by atoms with Gasteiger partial charge in [-0.05, 0) is 26.0 Å². The van der Waals surface area contributed by atoms with E-state index in [9.17, 15) is 9.59 Å². The van der Waals surface area contributed by atoms with Crippen LogP contribution in [0.25, 0.3) is 0 Å². The van der Waals surface area contributed by atoms with E-state index < -0.39 is 6.04 Å². The zero-order valence-electron chi connectivity index (χ0n) is 12.5. The third-order valence-corrected chi connectivity index (χ3v) is 3.42. The van der Waals surface area contributed by atoms with Gasteiger partial charge in [0.25, 0.3) is 0 Å². The first-order valence-corrected chi connectivity index (χ1v) is 7.20. The van der Waals surface area contributed by atoms with E-state index in [1.54, 1.807) is 6.92 Å². The van der Waals surface area contributed by atoms with E-state index in [4.69, 9.17) is 4.74 Å². The van der Waals surface area contributed by atoms with E-state index in [1.165, 1.54) is 0 Å². The quantitative estimate of drug-likeness (QED) is 0.806. The van der Waals surface area contributed by atoms with E-state index in [1.807, 2.05) is 30.0 Å². The third-order valence-electron chi connectivity index (χ3n) is 3.42. The van der Waals surface area contributed by atoms with Crippen LogP contribution in [0.15, 0.2) is 18.2 Å². The Hall–Kier alpha value is -1.95. The number of hydrogen-bond donors (Lipinski definition) is 1.